The van der Waals surface area contributed by atoms with Gasteiger partial charge in [0, 0.05) is 5.02 Å². The molecule has 86 valence electrons. The maximum atomic E-state index is 11.2. The van der Waals surface area contributed by atoms with Crippen molar-refractivity contribution in [3.8, 4) is 0 Å². The van der Waals surface area contributed by atoms with E-state index >= 15 is 0 Å². The van der Waals surface area contributed by atoms with Crippen LogP contribution in [-0.4, -0.2) is 11.1 Å². The molecule has 0 radical (unpaired) electrons. The van der Waals surface area contributed by atoms with Gasteiger partial charge >= 0.3 is 5.97 Å². The predicted molar refractivity (Wildman–Crippen MR) is 64.0 cm³/mol. The maximum absolute atomic E-state index is 11.2. The van der Waals surface area contributed by atoms with Crippen LogP contribution < -0.4 is 0 Å². The van der Waals surface area contributed by atoms with E-state index in [1.165, 1.54) is 0 Å². The number of carboxylic acids is 1. The van der Waals surface area contributed by atoms with Crippen LogP contribution in [0.15, 0.2) is 18.2 Å². The van der Waals surface area contributed by atoms with Crippen LogP contribution in [0.5, 0.6) is 0 Å². The van der Waals surface area contributed by atoms with Gasteiger partial charge in [-0.05, 0) is 35.4 Å². The van der Waals surface area contributed by atoms with Crippen molar-refractivity contribution in [3.05, 3.63) is 34.3 Å². The molecule has 1 aromatic carbocycles. The van der Waals surface area contributed by atoms with E-state index in [0.717, 1.165) is 11.1 Å². The number of benzene rings is 1. The van der Waals surface area contributed by atoms with Crippen molar-refractivity contribution in [1.29, 1.82) is 0 Å². The highest BCUT2D eigenvalue weighted by Crippen LogP contribution is 2.48. The Labute approximate surface area is 100 Å². The van der Waals surface area contributed by atoms with Crippen LogP contribution in [0, 0.1) is 5.92 Å². The molecule has 1 N–H and O–H groups in total. The molecule has 0 spiro atoms. The van der Waals surface area contributed by atoms with Gasteiger partial charge in [-0.2, -0.15) is 0 Å². The lowest BCUT2D eigenvalue weighted by Gasteiger charge is -2.16. The molecule has 0 saturated carbocycles. The first-order chi connectivity index (χ1) is 7.52. The first-order valence-corrected chi connectivity index (χ1v) is 5.91. The van der Waals surface area contributed by atoms with Gasteiger partial charge in [0.2, 0.25) is 0 Å². The highest BCUT2D eigenvalue weighted by atomic mass is 35.5. The van der Waals surface area contributed by atoms with Crippen LogP contribution >= 0.6 is 11.6 Å². The summed E-state index contributed by atoms with van der Waals surface area (Å²) in [5.41, 5.74) is 1.95. The number of halogens is 1. The maximum Gasteiger partial charge on any atom is 0.311 e. The summed E-state index contributed by atoms with van der Waals surface area (Å²) in [6, 6.07) is 5.57. The average molecular weight is 239 g/mol. The molecule has 2 rings (SSSR count). The van der Waals surface area contributed by atoms with Crippen molar-refractivity contribution in [1.82, 2.24) is 0 Å². The fourth-order valence-corrected chi connectivity index (χ4v) is 2.91. The normalized spacial score (nSPS) is 23.5. The quantitative estimate of drug-likeness (QED) is 0.854. The van der Waals surface area contributed by atoms with Gasteiger partial charge in [0.15, 0.2) is 0 Å². The lowest BCUT2D eigenvalue weighted by molar-refractivity contribution is -0.138. The van der Waals surface area contributed by atoms with E-state index in [0.29, 0.717) is 17.4 Å². The Balaban J connectivity index is 2.53. The number of aliphatic carboxylic acids is 1. The third-order valence-corrected chi connectivity index (χ3v) is 3.75. The van der Waals surface area contributed by atoms with Crippen LogP contribution in [0.2, 0.25) is 5.02 Å². The zero-order valence-electron chi connectivity index (χ0n) is 9.40. The molecule has 0 amide bonds. The van der Waals surface area contributed by atoms with Crippen molar-refractivity contribution in [2.75, 3.05) is 0 Å². The molecular weight excluding hydrogens is 224 g/mol. The summed E-state index contributed by atoms with van der Waals surface area (Å²) in [6.07, 6.45) is 0.673. The van der Waals surface area contributed by atoms with Gasteiger partial charge in [-0.25, -0.2) is 0 Å². The summed E-state index contributed by atoms with van der Waals surface area (Å²) < 4.78 is 0. The molecule has 1 aromatic rings. The third kappa shape index (κ3) is 1.71. The molecule has 1 aliphatic carbocycles. The Bertz CT molecular complexity index is 426. The number of carboxylic acid groups (broad SMARTS) is 1. The van der Waals surface area contributed by atoms with E-state index in [4.69, 9.17) is 11.6 Å². The monoisotopic (exact) mass is 238 g/mol. The van der Waals surface area contributed by atoms with E-state index in [1.807, 2.05) is 18.2 Å². The van der Waals surface area contributed by atoms with Gasteiger partial charge in [-0.3, -0.25) is 4.79 Å². The van der Waals surface area contributed by atoms with Gasteiger partial charge < -0.3 is 5.11 Å². The standard InChI is InChI=1S/C13H15ClO2/c1-7(2)9-6-10(13(15)16)8-4-3-5-11(14)12(8)9/h3-5,7,9-10H,6H2,1-2H3,(H,15,16). The van der Waals surface area contributed by atoms with Gasteiger partial charge in [0.25, 0.3) is 0 Å². The van der Waals surface area contributed by atoms with E-state index in [2.05, 4.69) is 13.8 Å². The van der Waals surface area contributed by atoms with E-state index in [9.17, 15) is 9.90 Å². The zero-order valence-corrected chi connectivity index (χ0v) is 10.2. The van der Waals surface area contributed by atoms with Gasteiger partial charge in [-0.15, -0.1) is 0 Å². The Morgan fingerprint density at radius 3 is 2.75 bits per heavy atom. The molecule has 2 atom stereocenters. The number of rotatable bonds is 2. The molecular formula is C13H15ClO2. The molecule has 2 nitrogen and oxygen atoms in total. The van der Waals surface area contributed by atoms with Crippen molar-refractivity contribution in [2.45, 2.75) is 32.1 Å². The Morgan fingerprint density at radius 1 is 1.50 bits per heavy atom. The van der Waals surface area contributed by atoms with Crippen LogP contribution in [0.1, 0.15) is 43.2 Å². The number of carbonyl (C=O) groups is 1. The van der Waals surface area contributed by atoms with Crippen LogP contribution in [0.3, 0.4) is 0 Å². The topological polar surface area (TPSA) is 37.3 Å². The first-order valence-electron chi connectivity index (χ1n) is 5.53. The van der Waals surface area contributed by atoms with Crippen LogP contribution in [-0.2, 0) is 4.79 Å². The van der Waals surface area contributed by atoms with Crippen LogP contribution in [0.4, 0.5) is 0 Å². The summed E-state index contributed by atoms with van der Waals surface area (Å²) in [6.45, 7) is 4.23. The lowest BCUT2D eigenvalue weighted by Crippen LogP contribution is -2.09. The van der Waals surface area contributed by atoms with E-state index in [1.54, 1.807) is 0 Å². The minimum Gasteiger partial charge on any atom is -0.481 e. The van der Waals surface area contributed by atoms with Crippen LogP contribution in [0.25, 0.3) is 0 Å². The highest BCUT2D eigenvalue weighted by Gasteiger charge is 2.37. The fraction of sp³-hybridized carbons (Fsp3) is 0.462. The summed E-state index contributed by atoms with van der Waals surface area (Å²) in [7, 11) is 0. The highest BCUT2D eigenvalue weighted by molar-refractivity contribution is 6.31. The van der Waals surface area contributed by atoms with Gasteiger partial charge in [0.05, 0.1) is 5.92 Å². The average Bonchev–Trinajstić information content (AvgIpc) is 2.58. The van der Waals surface area contributed by atoms with E-state index in [-0.39, 0.29) is 11.8 Å². The smallest absolute Gasteiger partial charge is 0.311 e. The Kier molecular flexibility index (Phi) is 2.94. The molecule has 0 heterocycles. The minimum atomic E-state index is -0.744. The SMILES string of the molecule is CC(C)C1CC(C(=O)O)c2cccc(Cl)c21. The largest absolute Gasteiger partial charge is 0.481 e. The Hall–Kier alpha value is -1.02. The molecule has 0 fully saturated rings. The van der Waals surface area contributed by atoms with Crippen molar-refractivity contribution >= 4 is 17.6 Å². The number of hydrogen-bond donors (Lipinski definition) is 1. The fourth-order valence-electron chi connectivity index (χ4n) is 2.59. The second-order valence-corrected chi connectivity index (χ2v) is 5.13. The molecule has 16 heavy (non-hydrogen) atoms. The molecule has 1 aliphatic rings. The Morgan fingerprint density at radius 2 is 2.19 bits per heavy atom. The summed E-state index contributed by atoms with van der Waals surface area (Å²) >= 11 is 6.19. The predicted octanol–water partition coefficient (Wildman–Crippen LogP) is 3.65. The molecule has 0 aromatic heterocycles. The molecule has 2 unspecified atom stereocenters. The number of fused-ring (bicyclic) bond motifs is 1. The molecule has 0 bridgehead atoms. The minimum absolute atomic E-state index is 0.268. The second-order valence-electron chi connectivity index (χ2n) is 4.72. The van der Waals surface area contributed by atoms with Gasteiger partial charge in [0.1, 0.15) is 0 Å². The summed E-state index contributed by atoms with van der Waals surface area (Å²) in [5.74, 6) is -0.444. The first kappa shape index (κ1) is 11.5. The second kappa shape index (κ2) is 4.10. The summed E-state index contributed by atoms with van der Waals surface area (Å²) in [4.78, 5) is 11.2. The zero-order chi connectivity index (χ0) is 11.9. The lowest BCUT2D eigenvalue weighted by atomic mass is 9.90. The van der Waals surface area contributed by atoms with E-state index < -0.39 is 5.97 Å². The number of hydrogen-bond acceptors (Lipinski definition) is 1. The van der Waals surface area contributed by atoms with Crippen molar-refractivity contribution in [2.24, 2.45) is 5.92 Å². The van der Waals surface area contributed by atoms with Gasteiger partial charge in [-0.1, -0.05) is 37.6 Å². The van der Waals surface area contributed by atoms with Crippen molar-refractivity contribution in [3.63, 3.8) is 0 Å². The third-order valence-electron chi connectivity index (χ3n) is 3.43. The molecule has 3 heteroatoms. The summed E-state index contributed by atoms with van der Waals surface area (Å²) in [5, 5.41) is 9.92. The van der Waals surface area contributed by atoms with Crippen molar-refractivity contribution < 1.29 is 9.90 Å². The molecule has 0 saturated heterocycles. The molecule has 0 aliphatic heterocycles.